The van der Waals surface area contributed by atoms with E-state index in [1.807, 2.05) is 6.07 Å². The normalized spacial score (nSPS) is 13.6. The predicted octanol–water partition coefficient (Wildman–Crippen LogP) is 4.64. The molecule has 1 aliphatic carbocycles. The van der Waals surface area contributed by atoms with Crippen LogP contribution in [0.15, 0.2) is 65.7 Å². The first-order chi connectivity index (χ1) is 13.5. The number of anilines is 3. The van der Waals surface area contributed by atoms with Gasteiger partial charge in [0.1, 0.15) is 11.6 Å². The van der Waals surface area contributed by atoms with Crippen molar-refractivity contribution in [2.45, 2.75) is 30.6 Å². The van der Waals surface area contributed by atoms with Crippen molar-refractivity contribution in [1.82, 2.24) is 4.98 Å². The lowest BCUT2D eigenvalue weighted by Gasteiger charge is -2.17. The molecule has 1 aliphatic rings. The summed E-state index contributed by atoms with van der Waals surface area (Å²) in [6, 6.07) is 14.8. The number of nitrogens with zero attached hydrogens (tertiary/aromatic N) is 1. The second-order valence-corrected chi connectivity index (χ2v) is 8.46. The zero-order chi connectivity index (χ0) is 19.6. The minimum Gasteiger partial charge on any atom is -0.338 e. The Bertz CT molecular complexity index is 1100. The highest BCUT2D eigenvalue weighted by molar-refractivity contribution is 7.92. The molecule has 0 bridgehead atoms. The molecule has 0 fully saturated rings. The molecule has 0 unspecified atom stereocenters. The van der Waals surface area contributed by atoms with Crippen LogP contribution in [0.1, 0.15) is 24.0 Å². The molecule has 1 aromatic heterocycles. The van der Waals surface area contributed by atoms with Gasteiger partial charge in [0.2, 0.25) is 0 Å². The van der Waals surface area contributed by atoms with E-state index in [0.29, 0.717) is 17.2 Å². The summed E-state index contributed by atoms with van der Waals surface area (Å²) in [6.07, 6.45) is 5.56. The largest absolute Gasteiger partial charge is 0.338 e. The molecule has 1 heterocycles. The Hall–Kier alpha value is -2.93. The summed E-state index contributed by atoms with van der Waals surface area (Å²) < 4.78 is 41.7. The highest BCUT2D eigenvalue weighted by Crippen LogP contribution is 2.25. The van der Waals surface area contributed by atoms with E-state index >= 15 is 0 Å². The highest BCUT2D eigenvalue weighted by atomic mass is 32.2. The second kappa shape index (κ2) is 7.59. The molecule has 2 N–H and O–H groups in total. The highest BCUT2D eigenvalue weighted by Gasteiger charge is 2.18. The Balaban J connectivity index is 1.50. The standard InChI is InChI=1S/C21H20FN3O2S/c22-19-7-3-4-8-20(19)24-21-12-10-17(14-23-21)25-28(26,27)18-11-9-15-5-1-2-6-16(15)13-18/h3-4,7-14,25H,1-2,5-6H2,(H,23,24). The van der Waals surface area contributed by atoms with Gasteiger partial charge in [-0.15, -0.1) is 0 Å². The molecule has 5 nitrogen and oxygen atoms in total. The number of para-hydroxylation sites is 1. The third kappa shape index (κ3) is 3.99. The summed E-state index contributed by atoms with van der Waals surface area (Å²) in [6.45, 7) is 0. The molecule has 0 amide bonds. The van der Waals surface area contributed by atoms with Crippen LogP contribution in [-0.2, 0) is 22.9 Å². The van der Waals surface area contributed by atoms with Gasteiger partial charge in [-0.3, -0.25) is 4.72 Å². The Kier molecular flexibility index (Phi) is 5.00. The minimum absolute atomic E-state index is 0.252. The first-order valence-electron chi connectivity index (χ1n) is 9.13. The van der Waals surface area contributed by atoms with E-state index in [1.54, 1.807) is 42.5 Å². The molecule has 0 saturated heterocycles. The van der Waals surface area contributed by atoms with Gasteiger partial charge in [0.05, 0.1) is 22.5 Å². The number of aryl methyl sites for hydroxylation is 2. The third-order valence-corrected chi connectivity index (χ3v) is 6.16. The predicted molar refractivity (Wildman–Crippen MR) is 108 cm³/mol. The lowest BCUT2D eigenvalue weighted by Crippen LogP contribution is -2.14. The second-order valence-electron chi connectivity index (χ2n) is 6.78. The number of halogens is 1. The van der Waals surface area contributed by atoms with Gasteiger partial charge in [-0.05, 0) is 73.2 Å². The fourth-order valence-corrected chi connectivity index (χ4v) is 4.41. The van der Waals surface area contributed by atoms with Crippen LogP contribution < -0.4 is 10.0 Å². The van der Waals surface area contributed by atoms with Gasteiger partial charge < -0.3 is 5.32 Å². The number of benzene rings is 2. The smallest absolute Gasteiger partial charge is 0.261 e. The average molecular weight is 397 g/mol. The van der Waals surface area contributed by atoms with E-state index in [0.717, 1.165) is 31.2 Å². The summed E-state index contributed by atoms with van der Waals surface area (Å²) in [5.74, 6) is 0.0308. The Morgan fingerprint density at radius 3 is 2.46 bits per heavy atom. The van der Waals surface area contributed by atoms with Crippen LogP contribution in [0.25, 0.3) is 0 Å². The summed E-state index contributed by atoms with van der Waals surface area (Å²) in [5.41, 5.74) is 2.99. The number of hydrogen-bond donors (Lipinski definition) is 2. The molecule has 0 radical (unpaired) electrons. The Morgan fingerprint density at radius 1 is 0.929 bits per heavy atom. The van der Waals surface area contributed by atoms with Crippen LogP contribution in [0.5, 0.6) is 0 Å². The summed E-state index contributed by atoms with van der Waals surface area (Å²) in [7, 11) is -3.70. The lowest BCUT2D eigenvalue weighted by atomic mass is 9.92. The molecule has 0 aliphatic heterocycles. The zero-order valence-corrected chi connectivity index (χ0v) is 16.0. The number of fused-ring (bicyclic) bond motifs is 1. The first-order valence-corrected chi connectivity index (χ1v) is 10.6. The van der Waals surface area contributed by atoms with Gasteiger partial charge in [0, 0.05) is 0 Å². The van der Waals surface area contributed by atoms with Crippen molar-refractivity contribution < 1.29 is 12.8 Å². The molecule has 28 heavy (non-hydrogen) atoms. The molecule has 4 rings (SSSR count). The number of nitrogens with one attached hydrogen (secondary N) is 2. The molecule has 3 aromatic rings. The van der Waals surface area contributed by atoms with Crippen molar-refractivity contribution in [3.8, 4) is 0 Å². The molecule has 7 heteroatoms. The Morgan fingerprint density at radius 2 is 1.71 bits per heavy atom. The number of rotatable bonds is 5. The molecular weight excluding hydrogens is 377 g/mol. The maximum absolute atomic E-state index is 13.7. The van der Waals surface area contributed by atoms with Crippen molar-refractivity contribution in [2.75, 3.05) is 10.0 Å². The van der Waals surface area contributed by atoms with Crippen LogP contribution in [0.4, 0.5) is 21.6 Å². The minimum atomic E-state index is -3.70. The van der Waals surface area contributed by atoms with Crippen molar-refractivity contribution in [2.24, 2.45) is 0 Å². The van der Waals surface area contributed by atoms with Crippen LogP contribution in [0, 0.1) is 5.82 Å². The topological polar surface area (TPSA) is 71.1 Å². The molecule has 0 spiro atoms. The van der Waals surface area contributed by atoms with Crippen LogP contribution in [0.2, 0.25) is 0 Å². The number of aromatic nitrogens is 1. The number of sulfonamides is 1. The van der Waals surface area contributed by atoms with E-state index in [2.05, 4.69) is 15.0 Å². The number of hydrogen-bond acceptors (Lipinski definition) is 4. The average Bonchev–Trinajstić information content (AvgIpc) is 2.70. The van der Waals surface area contributed by atoms with Gasteiger partial charge in [-0.1, -0.05) is 18.2 Å². The summed E-state index contributed by atoms with van der Waals surface area (Å²) in [5, 5.41) is 2.86. The molecule has 0 atom stereocenters. The van der Waals surface area contributed by atoms with Crippen molar-refractivity contribution in [1.29, 1.82) is 0 Å². The first kappa shape index (κ1) is 18.4. The molecule has 0 saturated carbocycles. The molecule has 2 aromatic carbocycles. The van der Waals surface area contributed by atoms with E-state index < -0.39 is 10.0 Å². The van der Waals surface area contributed by atoms with Crippen LogP contribution in [-0.4, -0.2) is 13.4 Å². The summed E-state index contributed by atoms with van der Waals surface area (Å²) >= 11 is 0. The van der Waals surface area contributed by atoms with E-state index in [-0.39, 0.29) is 10.7 Å². The summed E-state index contributed by atoms with van der Waals surface area (Å²) in [4.78, 5) is 4.41. The quantitative estimate of drug-likeness (QED) is 0.658. The van der Waals surface area contributed by atoms with E-state index in [9.17, 15) is 12.8 Å². The zero-order valence-electron chi connectivity index (χ0n) is 15.2. The lowest BCUT2D eigenvalue weighted by molar-refractivity contribution is 0.600. The fraction of sp³-hybridized carbons (Fsp3) is 0.190. The van der Waals surface area contributed by atoms with Crippen molar-refractivity contribution in [3.05, 3.63) is 77.7 Å². The van der Waals surface area contributed by atoms with E-state index in [1.165, 1.54) is 17.8 Å². The van der Waals surface area contributed by atoms with Gasteiger partial charge in [0.15, 0.2) is 0 Å². The van der Waals surface area contributed by atoms with Gasteiger partial charge in [0.25, 0.3) is 10.0 Å². The Labute approximate surface area is 163 Å². The molecular formula is C21H20FN3O2S. The monoisotopic (exact) mass is 397 g/mol. The van der Waals surface area contributed by atoms with Crippen molar-refractivity contribution >= 4 is 27.2 Å². The number of pyridine rings is 1. The van der Waals surface area contributed by atoms with E-state index in [4.69, 9.17) is 0 Å². The SMILES string of the molecule is O=S(=O)(Nc1ccc(Nc2ccccc2F)nc1)c1ccc2c(c1)CCCC2. The van der Waals surface area contributed by atoms with Crippen LogP contribution >= 0.6 is 0 Å². The third-order valence-electron chi connectivity index (χ3n) is 4.78. The van der Waals surface area contributed by atoms with Gasteiger partial charge in [-0.2, -0.15) is 0 Å². The van der Waals surface area contributed by atoms with Crippen LogP contribution in [0.3, 0.4) is 0 Å². The van der Waals surface area contributed by atoms with Crippen molar-refractivity contribution in [3.63, 3.8) is 0 Å². The van der Waals surface area contributed by atoms with Gasteiger partial charge in [-0.25, -0.2) is 17.8 Å². The fourth-order valence-electron chi connectivity index (χ4n) is 3.32. The van der Waals surface area contributed by atoms with Gasteiger partial charge >= 0.3 is 0 Å². The maximum atomic E-state index is 13.7. The molecule has 144 valence electrons. The maximum Gasteiger partial charge on any atom is 0.261 e.